The molecule has 3 rings (SSSR count). The first-order valence-electron chi connectivity index (χ1n) is 10.6. The lowest BCUT2D eigenvalue weighted by molar-refractivity contribution is 0.0514. The molecule has 0 radical (unpaired) electrons. The zero-order valence-electron chi connectivity index (χ0n) is 18.6. The van der Waals surface area contributed by atoms with Crippen LogP contribution in [0.5, 0.6) is 11.5 Å². The van der Waals surface area contributed by atoms with E-state index in [9.17, 15) is 0 Å². The minimum absolute atomic E-state index is 0. The van der Waals surface area contributed by atoms with Crippen LogP contribution in [0, 0.1) is 0 Å². The van der Waals surface area contributed by atoms with Crippen LogP contribution in [-0.2, 0) is 16.7 Å². The van der Waals surface area contributed by atoms with Crippen LogP contribution >= 0.6 is 24.0 Å². The summed E-state index contributed by atoms with van der Waals surface area (Å²) in [5, 5.41) is 6.94. The van der Waals surface area contributed by atoms with E-state index in [4.69, 9.17) is 19.2 Å². The Morgan fingerprint density at radius 1 is 1.03 bits per heavy atom. The van der Waals surface area contributed by atoms with Gasteiger partial charge < -0.3 is 24.8 Å². The van der Waals surface area contributed by atoms with Crippen LogP contribution in [0.15, 0.2) is 53.5 Å². The van der Waals surface area contributed by atoms with Crippen molar-refractivity contribution in [3.63, 3.8) is 0 Å². The molecule has 7 heteroatoms. The Balaban J connectivity index is 0.00000341. The van der Waals surface area contributed by atoms with Crippen LogP contribution in [0.1, 0.15) is 30.9 Å². The van der Waals surface area contributed by atoms with Crippen molar-refractivity contribution in [2.24, 2.45) is 4.99 Å². The molecule has 1 saturated heterocycles. The van der Waals surface area contributed by atoms with Crippen molar-refractivity contribution in [1.29, 1.82) is 0 Å². The van der Waals surface area contributed by atoms with Gasteiger partial charge in [0.2, 0.25) is 0 Å². The van der Waals surface area contributed by atoms with Gasteiger partial charge in [-0.05, 0) is 37.5 Å². The molecule has 0 amide bonds. The van der Waals surface area contributed by atoms with Crippen molar-refractivity contribution in [3.8, 4) is 11.5 Å². The van der Waals surface area contributed by atoms with Gasteiger partial charge in [0.1, 0.15) is 11.5 Å². The van der Waals surface area contributed by atoms with Crippen LogP contribution in [0.4, 0.5) is 0 Å². The standard InChI is InChI=1S/C24H33N3O3.HI/c1-4-25-23(26-17-19-10-11-21(28-2)16-22(19)29-3)27-18-24(12-14-30-15-13-24)20-8-6-5-7-9-20;/h5-11,16H,4,12-15,17-18H2,1-3H3,(H2,25,26,27);1H. The van der Waals surface area contributed by atoms with Gasteiger partial charge in [-0.1, -0.05) is 30.3 Å². The summed E-state index contributed by atoms with van der Waals surface area (Å²) in [7, 11) is 3.32. The largest absolute Gasteiger partial charge is 0.497 e. The molecule has 0 aliphatic carbocycles. The highest BCUT2D eigenvalue weighted by Crippen LogP contribution is 2.34. The summed E-state index contributed by atoms with van der Waals surface area (Å²) in [5.74, 6) is 2.35. The van der Waals surface area contributed by atoms with E-state index in [0.717, 1.165) is 62.2 Å². The van der Waals surface area contributed by atoms with E-state index in [1.54, 1.807) is 14.2 Å². The van der Waals surface area contributed by atoms with Crippen molar-refractivity contribution in [3.05, 3.63) is 59.7 Å². The Kier molecular flexibility index (Phi) is 10.4. The third kappa shape index (κ3) is 6.74. The van der Waals surface area contributed by atoms with E-state index in [2.05, 4.69) is 47.9 Å². The molecule has 2 aromatic carbocycles. The van der Waals surface area contributed by atoms with Crippen LogP contribution in [0.2, 0.25) is 0 Å². The molecular formula is C24H34IN3O3. The van der Waals surface area contributed by atoms with Crippen LogP contribution in [0.3, 0.4) is 0 Å². The van der Waals surface area contributed by atoms with Crippen molar-refractivity contribution in [2.75, 3.05) is 40.5 Å². The quantitative estimate of drug-likeness (QED) is 0.300. The molecule has 0 spiro atoms. The summed E-state index contributed by atoms with van der Waals surface area (Å²) in [4.78, 5) is 4.80. The second kappa shape index (κ2) is 12.8. The average Bonchev–Trinajstić information content (AvgIpc) is 2.82. The smallest absolute Gasteiger partial charge is 0.191 e. The molecule has 0 atom stereocenters. The number of rotatable bonds is 8. The number of nitrogens with zero attached hydrogens (tertiary/aromatic N) is 1. The van der Waals surface area contributed by atoms with E-state index in [0.29, 0.717) is 6.54 Å². The second-order valence-electron chi connectivity index (χ2n) is 7.49. The van der Waals surface area contributed by atoms with Gasteiger partial charge in [0.15, 0.2) is 5.96 Å². The minimum Gasteiger partial charge on any atom is -0.497 e. The summed E-state index contributed by atoms with van der Waals surface area (Å²) in [6, 6.07) is 16.5. The summed E-state index contributed by atoms with van der Waals surface area (Å²) in [6.45, 7) is 5.77. The molecular weight excluding hydrogens is 505 g/mol. The van der Waals surface area contributed by atoms with Crippen molar-refractivity contribution < 1.29 is 14.2 Å². The second-order valence-corrected chi connectivity index (χ2v) is 7.49. The number of benzene rings is 2. The maximum atomic E-state index is 5.65. The van der Waals surface area contributed by atoms with Gasteiger partial charge in [-0.25, -0.2) is 4.99 Å². The zero-order valence-corrected chi connectivity index (χ0v) is 21.0. The van der Waals surface area contributed by atoms with Crippen molar-refractivity contribution >= 4 is 29.9 Å². The van der Waals surface area contributed by atoms with Crippen molar-refractivity contribution in [2.45, 2.75) is 31.7 Å². The van der Waals surface area contributed by atoms with E-state index in [1.165, 1.54) is 5.56 Å². The first-order valence-corrected chi connectivity index (χ1v) is 10.6. The molecule has 1 fully saturated rings. The molecule has 170 valence electrons. The van der Waals surface area contributed by atoms with Gasteiger partial charge in [-0.3, -0.25) is 0 Å². The van der Waals surface area contributed by atoms with E-state index in [1.807, 2.05) is 18.2 Å². The molecule has 0 aromatic heterocycles. The van der Waals surface area contributed by atoms with Gasteiger partial charge in [-0.2, -0.15) is 0 Å². The fourth-order valence-electron chi connectivity index (χ4n) is 3.86. The first kappa shape index (κ1) is 25.3. The number of hydrogen-bond donors (Lipinski definition) is 2. The summed E-state index contributed by atoms with van der Waals surface area (Å²) >= 11 is 0. The van der Waals surface area contributed by atoms with Crippen LogP contribution in [0.25, 0.3) is 0 Å². The predicted octanol–water partition coefficient (Wildman–Crippen LogP) is 4.13. The van der Waals surface area contributed by atoms with Gasteiger partial charge in [0.05, 0.1) is 20.8 Å². The zero-order chi connectivity index (χ0) is 21.2. The first-order chi connectivity index (χ1) is 14.7. The Hall–Kier alpha value is -2.00. The molecule has 1 aliphatic rings. The van der Waals surface area contributed by atoms with Crippen molar-refractivity contribution in [1.82, 2.24) is 10.6 Å². The Bertz CT molecular complexity index is 824. The third-order valence-corrected chi connectivity index (χ3v) is 5.68. The number of guanidine groups is 1. The number of nitrogens with one attached hydrogen (secondary N) is 2. The molecule has 0 unspecified atom stereocenters. The Morgan fingerprint density at radius 2 is 1.77 bits per heavy atom. The third-order valence-electron chi connectivity index (χ3n) is 5.68. The Morgan fingerprint density at radius 3 is 2.42 bits per heavy atom. The molecule has 0 bridgehead atoms. The van der Waals surface area contributed by atoms with Gasteiger partial charge in [0, 0.05) is 43.3 Å². The lowest BCUT2D eigenvalue weighted by atomic mass is 9.74. The maximum absolute atomic E-state index is 5.65. The highest BCUT2D eigenvalue weighted by Gasteiger charge is 2.34. The maximum Gasteiger partial charge on any atom is 0.191 e. The molecule has 31 heavy (non-hydrogen) atoms. The fraction of sp³-hybridized carbons (Fsp3) is 0.458. The lowest BCUT2D eigenvalue weighted by Crippen LogP contribution is -2.48. The number of ether oxygens (including phenoxy) is 3. The highest BCUT2D eigenvalue weighted by atomic mass is 127. The minimum atomic E-state index is 0. The lowest BCUT2D eigenvalue weighted by Gasteiger charge is -2.38. The van der Waals surface area contributed by atoms with Gasteiger partial charge >= 0.3 is 0 Å². The number of aliphatic imine (C=N–C) groups is 1. The molecule has 2 N–H and O–H groups in total. The summed E-state index contributed by atoms with van der Waals surface area (Å²) in [5.41, 5.74) is 2.42. The number of methoxy groups -OCH3 is 2. The topological polar surface area (TPSA) is 64.1 Å². The van der Waals surface area contributed by atoms with E-state index >= 15 is 0 Å². The van der Waals surface area contributed by atoms with E-state index in [-0.39, 0.29) is 29.4 Å². The predicted molar refractivity (Wildman–Crippen MR) is 136 cm³/mol. The highest BCUT2D eigenvalue weighted by molar-refractivity contribution is 14.0. The molecule has 6 nitrogen and oxygen atoms in total. The average molecular weight is 539 g/mol. The van der Waals surface area contributed by atoms with E-state index < -0.39 is 0 Å². The Labute approximate surface area is 202 Å². The van der Waals surface area contributed by atoms with Gasteiger partial charge in [0.25, 0.3) is 0 Å². The summed E-state index contributed by atoms with van der Waals surface area (Å²) < 4.78 is 16.4. The molecule has 0 saturated carbocycles. The summed E-state index contributed by atoms with van der Waals surface area (Å²) in [6.07, 6.45) is 1.99. The van der Waals surface area contributed by atoms with Crippen LogP contribution in [-0.4, -0.2) is 46.5 Å². The molecule has 2 aromatic rings. The van der Waals surface area contributed by atoms with Crippen LogP contribution < -0.4 is 20.1 Å². The van der Waals surface area contributed by atoms with Gasteiger partial charge in [-0.15, -0.1) is 24.0 Å². The monoisotopic (exact) mass is 539 g/mol. The number of halogens is 1. The molecule has 1 heterocycles. The number of hydrogen-bond acceptors (Lipinski definition) is 4. The molecule has 1 aliphatic heterocycles. The fourth-order valence-corrected chi connectivity index (χ4v) is 3.86. The normalized spacial score (nSPS) is 15.5. The SMILES string of the molecule is CCNC(=NCc1ccc(OC)cc1OC)NCC1(c2ccccc2)CCOCC1.I.